The van der Waals surface area contributed by atoms with Gasteiger partial charge >= 0.3 is 0 Å². The molecule has 1 aliphatic rings. The Hall–Kier alpha value is -0.540. The Morgan fingerprint density at radius 3 is 2.83 bits per heavy atom. The summed E-state index contributed by atoms with van der Waals surface area (Å²) in [7, 11) is 0. The number of hydrogen-bond acceptors (Lipinski definition) is 3. The third-order valence-electron chi connectivity index (χ3n) is 3.81. The first-order valence-corrected chi connectivity index (χ1v) is 8.13. The Labute approximate surface area is 114 Å². The van der Waals surface area contributed by atoms with E-state index >= 15 is 0 Å². The zero-order valence-corrected chi connectivity index (χ0v) is 12.1. The van der Waals surface area contributed by atoms with Crippen LogP contribution in [0.1, 0.15) is 62.9 Å². The van der Waals surface area contributed by atoms with Crippen LogP contribution in [0.15, 0.2) is 12.1 Å². The summed E-state index contributed by atoms with van der Waals surface area (Å²) in [5.74, 6) is 0.852. The molecular formula is C15H25NOS. The Morgan fingerprint density at radius 2 is 2.11 bits per heavy atom. The Bertz CT molecular complexity index is 344. The standard InChI is InChI=1S/C15H25NOS/c1-2-6-13(17)14-9-10-15(18-14)16-11-12-7-4-3-5-8-12/h9-10,12-13,16-17H,2-8,11H2,1H3. The highest BCUT2D eigenvalue weighted by Crippen LogP contribution is 2.30. The van der Waals surface area contributed by atoms with Gasteiger partial charge in [-0.3, -0.25) is 0 Å². The molecule has 2 rings (SSSR count). The lowest BCUT2D eigenvalue weighted by molar-refractivity contribution is 0.170. The van der Waals surface area contributed by atoms with Crippen LogP contribution in [0.2, 0.25) is 0 Å². The summed E-state index contributed by atoms with van der Waals surface area (Å²) in [5, 5.41) is 14.7. The number of aliphatic hydroxyl groups is 1. The van der Waals surface area contributed by atoms with Crippen molar-refractivity contribution < 1.29 is 5.11 Å². The molecular weight excluding hydrogens is 242 g/mol. The van der Waals surface area contributed by atoms with Gasteiger partial charge in [0.25, 0.3) is 0 Å². The molecule has 2 nitrogen and oxygen atoms in total. The third kappa shape index (κ3) is 3.99. The zero-order chi connectivity index (χ0) is 12.8. The molecule has 0 aliphatic heterocycles. The van der Waals surface area contributed by atoms with Gasteiger partial charge < -0.3 is 10.4 Å². The van der Waals surface area contributed by atoms with Gasteiger partial charge in [0.1, 0.15) is 0 Å². The molecule has 0 bridgehead atoms. The number of thiophene rings is 1. The minimum atomic E-state index is -0.273. The summed E-state index contributed by atoms with van der Waals surface area (Å²) in [5.41, 5.74) is 0. The lowest BCUT2D eigenvalue weighted by Gasteiger charge is -2.21. The molecule has 1 aromatic rings. The molecule has 1 aromatic heterocycles. The van der Waals surface area contributed by atoms with Crippen LogP contribution >= 0.6 is 11.3 Å². The normalized spacial score (nSPS) is 18.8. The van der Waals surface area contributed by atoms with Crippen LogP contribution in [-0.2, 0) is 0 Å². The summed E-state index contributed by atoms with van der Waals surface area (Å²) in [6, 6.07) is 4.18. The van der Waals surface area contributed by atoms with E-state index < -0.39 is 0 Å². The Kier molecular flexibility index (Phi) is 5.51. The van der Waals surface area contributed by atoms with Crippen molar-refractivity contribution in [3.63, 3.8) is 0 Å². The second-order valence-electron chi connectivity index (χ2n) is 5.39. The van der Waals surface area contributed by atoms with E-state index in [9.17, 15) is 5.11 Å². The van der Waals surface area contributed by atoms with Gasteiger partial charge in [0.15, 0.2) is 0 Å². The quantitative estimate of drug-likeness (QED) is 0.791. The number of hydrogen-bond donors (Lipinski definition) is 2. The van der Waals surface area contributed by atoms with Crippen molar-refractivity contribution in [2.75, 3.05) is 11.9 Å². The number of anilines is 1. The summed E-state index contributed by atoms with van der Waals surface area (Å²) in [6.45, 7) is 3.21. The monoisotopic (exact) mass is 267 g/mol. The van der Waals surface area contributed by atoms with Crippen LogP contribution in [0.5, 0.6) is 0 Å². The minimum absolute atomic E-state index is 0.273. The van der Waals surface area contributed by atoms with Crippen LogP contribution in [0.3, 0.4) is 0 Å². The summed E-state index contributed by atoms with van der Waals surface area (Å²) in [4.78, 5) is 1.10. The van der Waals surface area contributed by atoms with Gasteiger partial charge in [-0.1, -0.05) is 32.6 Å². The van der Waals surface area contributed by atoms with Crippen molar-refractivity contribution in [1.82, 2.24) is 0 Å². The number of nitrogens with one attached hydrogen (secondary N) is 1. The Balaban J connectivity index is 1.79. The first kappa shape index (κ1) is 13.9. The first-order chi connectivity index (χ1) is 8.79. The topological polar surface area (TPSA) is 32.3 Å². The van der Waals surface area contributed by atoms with Crippen molar-refractivity contribution in [2.45, 2.75) is 58.0 Å². The zero-order valence-electron chi connectivity index (χ0n) is 11.3. The molecule has 0 radical (unpaired) electrons. The second-order valence-corrected chi connectivity index (χ2v) is 6.51. The molecule has 0 aromatic carbocycles. The lowest BCUT2D eigenvalue weighted by Crippen LogP contribution is -2.16. The molecule has 3 heteroatoms. The fraction of sp³-hybridized carbons (Fsp3) is 0.733. The molecule has 0 spiro atoms. The second kappa shape index (κ2) is 7.15. The summed E-state index contributed by atoms with van der Waals surface area (Å²) >= 11 is 1.71. The summed E-state index contributed by atoms with van der Waals surface area (Å²) < 4.78 is 0. The fourth-order valence-corrected chi connectivity index (χ4v) is 3.61. The summed E-state index contributed by atoms with van der Waals surface area (Å²) in [6.07, 6.45) is 8.60. The maximum Gasteiger partial charge on any atom is 0.0886 e. The fourth-order valence-electron chi connectivity index (χ4n) is 2.68. The van der Waals surface area contributed by atoms with Crippen LogP contribution in [0.25, 0.3) is 0 Å². The van der Waals surface area contributed by atoms with Gasteiger partial charge in [-0.2, -0.15) is 0 Å². The smallest absolute Gasteiger partial charge is 0.0886 e. The SMILES string of the molecule is CCCC(O)c1ccc(NCC2CCCCC2)s1. The van der Waals surface area contributed by atoms with Crippen LogP contribution in [-0.4, -0.2) is 11.7 Å². The van der Waals surface area contributed by atoms with E-state index in [1.54, 1.807) is 11.3 Å². The van der Waals surface area contributed by atoms with Crippen molar-refractivity contribution in [3.8, 4) is 0 Å². The average Bonchev–Trinajstić information content (AvgIpc) is 2.87. The largest absolute Gasteiger partial charge is 0.388 e. The predicted octanol–water partition coefficient (Wildman–Crippen LogP) is 4.57. The highest BCUT2D eigenvalue weighted by atomic mass is 32.1. The molecule has 1 heterocycles. The van der Waals surface area contributed by atoms with Crippen LogP contribution in [0, 0.1) is 5.92 Å². The van der Waals surface area contributed by atoms with Gasteiger partial charge in [-0.15, -0.1) is 11.3 Å². The highest BCUT2D eigenvalue weighted by molar-refractivity contribution is 7.16. The molecule has 1 fully saturated rings. The van der Waals surface area contributed by atoms with Gasteiger partial charge in [0.2, 0.25) is 0 Å². The molecule has 1 aliphatic carbocycles. The average molecular weight is 267 g/mol. The molecule has 0 saturated heterocycles. The van der Waals surface area contributed by atoms with E-state index in [0.29, 0.717) is 0 Å². The third-order valence-corrected chi connectivity index (χ3v) is 4.95. The lowest BCUT2D eigenvalue weighted by atomic mass is 9.89. The maximum atomic E-state index is 9.93. The number of aliphatic hydroxyl groups excluding tert-OH is 1. The van der Waals surface area contributed by atoms with Crippen molar-refractivity contribution in [2.24, 2.45) is 5.92 Å². The molecule has 2 N–H and O–H groups in total. The van der Waals surface area contributed by atoms with Gasteiger partial charge in [0, 0.05) is 11.4 Å². The van der Waals surface area contributed by atoms with Crippen molar-refractivity contribution in [3.05, 3.63) is 17.0 Å². The van der Waals surface area contributed by atoms with Crippen LogP contribution in [0.4, 0.5) is 5.00 Å². The molecule has 18 heavy (non-hydrogen) atoms. The van der Waals surface area contributed by atoms with Gasteiger partial charge in [0.05, 0.1) is 11.1 Å². The van der Waals surface area contributed by atoms with E-state index in [-0.39, 0.29) is 6.10 Å². The van der Waals surface area contributed by atoms with Gasteiger partial charge in [-0.25, -0.2) is 0 Å². The first-order valence-electron chi connectivity index (χ1n) is 7.31. The van der Waals surface area contributed by atoms with E-state index in [0.717, 1.165) is 30.2 Å². The molecule has 0 amide bonds. The highest BCUT2D eigenvalue weighted by Gasteiger charge is 2.14. The van der Waals surface area contributed by atoms with Crippen LogP contribution < -0.4 is 5.32 Å². The Morgan fingerprint density at radius 1 is 1.33 bits per heavy atom. The molecule has 1 atom stereocenters. The van der Waals surface area contributed by atoms with Crippen molar-refractivity contribution in [1.29, 1.82) is 0 Å². The van der Waals surface area contributed by atoms with E-state index in [4.69, 9.17) is 0 Å². The maximum absolute atomic E-state index is 9.93. The number of rotatable bonds is 6. The molecule has 1 saturated carbocycles. The minimum Gasteiger partial charge on any atom is -0.388 e. The molecule has 1 unspecified atom stereocenters. The molecule has 102 valence electrons. The predicted molar refractivity (Wildman–Crippen MR) is 79.3 cm³/mol. The van der Waals surface area contributed by atoms with E-state index in [1.165, 1.54) is 37.1 Å². The van der Waals surface area contributed by atoms with E-state index in [1.807, 2.05) is 0 Å². The van der Waals surface area contributed by atoms with Crippen molar-refractivity contribution >= 4 is 16.3 Å². The van der Waals surface area contributed by atoms with Gasteiger partial charge in [-0.05, 0) is 37.3 Å². The van der Waals surface area contributed by atoms with E-state index in [2.05, 4.69) is 24.4 Å².